The summed E-state index contributed by atoms with van der Waals surface area (Å²) in [6.07, 6.45) is 0. The first-order valence-corrected chi connectivity index (χ1v) is 6.28. The van der Waals surface area contributed by atoms with Crippen molar-refractivity contribution in [2.24, 2.45) is 12.8 Å². The van der Waals surface area contributed by atoms with E-state index < -0.39 is 0 Å². The molecule has 0 spiro atoms. The highest BCUT2D eigenvalue weighted by molar-refractivity contribution is 5.34. The Kier molecular flexibility index (Phi) is 4.21. The third kappa shape index (κ3) is 2.36. The molecule has 1 aromatic rings. The molecular weight excluding hydrogens is 232 g/mol. The summed E-state index contributed by atoms with van der Waals surface area (Å²) in [4.78, 5) is 2.34. The molecular formula is C12H22N4O2. The molecule has 1 aliphatic heterocycles. The standard InChI is InChI=1S/C12H22N4O2/c1-9-11(12(17-3)15(2)14-9)10(8-13)16-4-6-18-7-5-16/h10H,4-8,13H2,1-3H3. The van der Waals surface area contributed by atoms with E-state index in [2.05, 4.69) is 10.00 Å². The van der Waals surface area contributed by atoms with Gasteiger partial charge in [0, 0.05) is 26.7 Å². The summed E-state index contributed by atoms with van der Waals surface area (Å²) in [7, 11) is 3.56. The number of hydrogen-bond acceptors (Lipinski definition) is 5. The number of methoxy groups -OCH3 is 1. The van der Waals surface area contributed by atoms with Crippen LogP contribution in [0.1, 0.15) is 17.3 Å². The number of ether oxygens (including phenoxy) is 2. The number of aryl methyl sites for hydroxylation is 2. The molecule has 0 aromatic carbocycles. The van der Waals surface area contributed by atoms with E-state index in [4.69, 9.17) is 15.2 Å². The molecule has 0 bridgehead atoms. The van der Waals surface area contributed by atoms with Gasteiger partial charge in [-0.25, -0.2) is 4.68 Å². The van der Waals surface area contributed by atoms with Crippen molar-refractivity contribution in [2.75, 3.05) is 40.0 Å². The van der Waals surface area contributed by atoms with Crippen molar-refractivity contribution in [1.82, 2.24) is 14.7 Å². The summed E-state index contributed by atoms with van der Waals surface area (Å²) in [5, 5.41) is 4.42. The van der Waals surface area contributed by atoms with Gasteiger partial charge < -0.3 is 15.2 Å². The lowest BCUT2D eigenvalue weighted by atomic mass is 10.1. The van der Waals surface area contributed by atoms with Crippen molar-refractivity contribution in [1.29, 1.82) is 0 Å². The van der Waals surface area contributed by atoms with Gasteiger partial charge >= 0.3 is 0 Å². The van der Waals surface area contributed by atoms with E-state index in [9.17, 15) is 0 Å². The highest BCUT2D eigenvalue weighted by atomic mass is 16.5. The van der Waals surface area contributed by atoms with Gasteiger partial charge in [0.1, 0.15) is 0 Å². The van der Waals surface area contributed by atoms with Crippen LogP contribution in [0.15, 0.2) is 0 Å². The van der Waals surface area contributed by atoms with Gasteiger partial charge in [0.2, 0.25) is 5.88 Å². The Labute approximate surface area is 108 Å². The molecule has 1 aliphatic rings. The van der Waals surface area contributed by atoms with E-state index >= 15 is 0 Å². The minimum atomic E-state index is 0.151. The van der Waals surface area contributed by atoms with Crippen LogP contribution >= 0.6 is 0 Å². The van der Waals surface area contributed by atoms with Gasteiger partial charge in [0.05, 0.1) is 37.6 Å². The van der Waals surface area contributed by atoms with Gasteiger partial charge in [0.15, 0.2) is 0 Å². The molecule has 1 unspecified atom stereocenters. The van der Waals surface area contributed by atoms with E-state index in [0.29, 0.717) is 6.54 Å². The Morgan fingerprint density at radius 2 is 2.11 bits per heavy atom. The number of aromatic nitrogens is 2. The smallest absolute Gasteiger partial charge is 0.216 e. The van der Waals surface area contributed by atoms with Gasteiger partial charge in [-0.15, -0.1) is 0 Å². The Bertz CT molecular complexity index is 399. The molecule has 6 heteroatoms. The summed E-state index contributed by atoms with van der Waals surface area (Å²) < 4.78 is 12.6. The number of morpholine rings is 1. The Morgan fingerprint density at radius 3 is 2.67 bits per heavy atom. The average molecular weight is 254 g/mol. The molecule has 0 radical (unpaired) electrons. The minimum Gasteiger partial charge on any atom is -0.481 e. The second-order valence-corrected chi connectivity index (χ2v) is 4.53. The lowest BCUT2D eigenvalue weighted by molar-refractivity contribution is 0.0173. The van der Waals surface area contributed by atoms with Crippen LogP contribution in [0.5, 0.6) is 5.88 Å². The highest BCUT2D eigenvalue weighted by Gasteiger charge is 2.28. The van der Waals surface area contributed by atoms with Crippen molar-refractivity contribution >= 4 is 0 Å². The molecule has 102 valence electrons. The molecule has 2 heterocycles. The Balaban J connectivity index is 2.31. The first-order valence-electron chi connectivity index (χ1n) is 6.28. The number of nitrogens with two attached hydrogens (primary N) is 1. The van der Waals surface area contributed by atoms with Crippen molar-refractivity contribution < 1.29 is 9.47 Å². The van der Waals surface area contributed by atoms with Crippen LogP contribution in [0.2, 0.25) is 0 Å². The fourth-order valence-electron chi connectivity index (χ4n) is 2.62. The average Bonchev–Trinajstić information content (AvgIpc) is 2.66. The molecule has 1 saturated heterocycles. The largest absolute Gasteiger partial charge is 0.481 e. The number of nitrogens with zero attached hydrogens (tertiary/aromatic N) is 3. The first kappa shape index (κ1) is 13.3. The summed E-state index contributed by atoms with van der Waals surface area (Å²) >= 11 is 0. The number of hydrogen-bond donors (Lipinski definition) is 1. The third-order valence-corrected chi connectivity index (χ3v) is 3.45. The van der Waals surface area contributed by atoms with Crippen LogP contribution in [0.3, 0.4) is 0 Å². The topological polar surface area (TPSA) is 65.5 Å². The zero-order valence-corrected chi connectivity index (χ0v) is 11.3. The van der Waals surface area contributed by atoms with Gasteiger partial charge in [-0.2, -0.15) is 5.10 Å². The molecule has 1 fully saturated rings. The van der Waals surface area contributed by atoms with Gasteiger partial charge in [-0.05, 0) is 6.92 Å². The van der Waals surface area contributed by atoms with Crippen molar-refractivity contribution in [2.45, 2.75) is 13.0 Å². The van der Waals surface area contributed by atoms with E-state index in [1.807, 2.05) is 14.0 Å². The molecule has 0 amide bonds. The fraction of sp³-hybridized carbons (Fsp3) is 0.750. The van der Waals surface area contributed by atoms with Crippen LogP contribution < -0.4 is 10.5 Å². The maximum absolute atomic E-state index is 5.96. The predicted molar refractivity (Wildman–Crippen MR) is 68.7 cm³/mol. The van der Waals surface area contributed by atoms with Gasteiger partial charge in [0.25, 0.3) is 0 Å². The zero-order valence-electron chi connectivity index (χ0n) is 11.3. The molecule has 1 atom stereocenters. The van der Waals surface area contributed by atoms with Crippen molar-refractivity contribution in [3.8, 4) is 5.88 Å². The van der Waals surface area contributed by atoms with E-state index in [-0.39, 0.29) is 6.04 Å². The predicted octanol–water partition coefficient (Wildman–Crippen LogP) is 0.0691. The maximum atomic E-state index is 5.96. The lowest BCUT2D eigenvalue weighted by Gasteiger charge is -2.33. The lowest BCUT2D eigenvalue weighted by Crippen LogP contribution is -2.42. The second kappa shape index (κ2) is 5.69. The monoisotopic (exact) mass is 254 g/mol. The molecule has 6 nitrogen and oxygen atoms in total. The second-order valence-electron chi connectivity index (χ2n) is 4.53. The van der Waals surface area contributed by atoms with Gasteiger partial charge in [-0.3, -0.25) is 4.90 Å². The molecule has 0 saturated carbocycles. The van der Waals surface area contributed by atoms with Crippen LogP contribution in [0, 0.1) is 6.92 Å². The fourth-order valence-corrected chi connectivity index (χ4v) is 2.62. The quantitative estimate of drug-likeness (QED) is 0.823. The molecule has 2 rings (SSSR count). The molecule has 2 N–H and O–H groups in total. The SMILES string of the molecule is COc1c(C(CN)N2CCOCC2)c(C)nn1C. The summed E-state index contributed by atoms with van der Waals surface area (Å²) in [6, 6.07) is 0.151. The number of rotatable bonds is 4. The van der Waals surface area contributed by atoms with E-state index in [1.54, 1.807) is 11.8 Å². The zero-order chi connectivity index (χ0) is 13.1. The molecule has 18 heavy (non-hydrogen) atoms. The minimum absolute atomic E-state index is 0.151. The van der Waals surface area contributed by atoms with E-state index in [1.165, 1.54) is 0 Å². The van der Waals surface area contributed by atoms with Crippen molar-refractivity contribution in [3.05, 3.63) is 11.3 Å². The van der Waals surface area contributed by atoms with Crippen LogP contribution in [-0.4, -0.2) is 54.6 Å². The summed E-state index contributed by atoms with van der Waals surface area (Å²) in [6.45, 7) is 5.89. The van der Waals surface area contributed by atoms with Crippen molar-refractivity contribution in [3.63, 3.8) is 0 Å². The van der Waals surface area contributed by atoms with Crippen LogP contribution in [-0.2, 0) is 11.8 Å². The molecule has 0 aliphatic carbocycles. The van der Waals surface area contributed by atoms with Crippen LogP contribution in [0.4, 0.5) is 0 Å². The summed E-state index contributed by atoms with van der Waals surface area (Å²) in [5.74, 6) is 0.800. The van der Waals surface area contributed by atoms with Gasteiger partial charge in [-0.1, -0.05) is 0 Å². The summed E-state index contributed by atoms with van der Waals surface area (Å²) in [5.41, 5.74) is 8.05. The normalized spacial score (nSPS) is 18.9. The Morgan fingerprint density at radius 1 is 1.44 bits per heavy atom. The molecule has 1 aromatic heterocycles. The van der Waals surface area contributed by atoms with Crippen LogP contribution in [0.25, 0.3) is 0 Å². The highest BCUT2D eigenvalue weighted by Crippen LogP contribution is 2.31. The maximum Gasteiger partial charge on any atom is 0.216 e. The first-order chi connectivity index (χ1) is 8.69. The third-order valence-electron chi connectivity index (χ3n) is 3.45. The van der Waals surface area contributed by atoms with E-state index in [0.717, 1.165) is 43.4 Å². The Hall–Kier alpha value is -1.11.